The van der Waals surface area contributed by atoms with Crippen LogP contribution in [0.5, 0.6) is 0 Å². The number of carbonyl (C=O) groups is 1. The van der Waals surface area contributed by atoms with Crippen LogP contribution in [0.3, 0.4) is 0 Å². The predicted molar refractivity (Wildman–Crippen MR) is 132 cm³/mol. The quantitative estimate of drug-likeness (QED) is 0.415. The van der Waals surface area contributed by atoms with E-state index in [4.69, 9.17) is 16.5 Å². The highest BCUT2D eigenvalue weighted by Crippen LogP contribution is 2.31. The van der Waals surface area contributed by atoms with Crippen molar-refractivity contribution in [3.8, 4) is 0 Å². The Morgan fingerprint density at radius 3 is 2.82 bits per heavy atom. The molecule has 0 saturated carbocycles. The molecule has 1 amide bonds. The SMILES string of the molecule is CCCC(=Cc1cc(F)ccc1N)c1cnn2c(N)c(Br)c(CNC3CN(C(C)=O)C3)nc12. The molecule has 0 unspecified atom stereocenters. The smallest absolute Gasteiger partial charge is 0.219 e. The highest BCUT2D eigenvalue weighted by molar-refractivity contribution is 9.10. The van der Waals surface area contributed by atoms with Crippen molar-refractivity contribution < 1.29 is 9.18 Å². The van der Waals surface area contributed by atoms with Gasteiger partial charge >= 0.3 is 0 Å². The van der Waals surface area contributed by atoms with Crippen LogP contribution in [0, 0.1) is 5.82 Å². The van der Waals surface area contributed by atoms with Crippen molar-refractivity contribution in [2.45, 2.75) is 39.3 Å². The summed E-state index contributed by atoms with van der Waals surface area (Å²) >= 11 is 3.55. The molecular weight excluding hydrogens is 489 g/mol. The van der Waals surface area contributed by atoms with Gasteiger partial charge in [0.1, 0.15) is 11.6 Å². The van der Waals surface area contributed by atoms with E-state index < -0.39 is 0 Å². The molecule has 10 heteroatoms. The Kier molecular flexibility index (Phi) is 6.66. The summed E-state index contributed by atoms with van der Waals surface area (Å²) in [5, 5.41) is 7.87. The number of amides is 1. The van der Waals surface area contributed by atoms with Crippen LogP contribution in [0.25, 0.3) is 17.3 Å². The van der Waals surface area contributed by atoms with Gasteiger partial charge in [-0.25, -0.2) is 9.37 Å². The molecule has 0 atom stereocenters. The number of hydrogen-bond acceptors (Lipinski definition) is 6. The van der Waals surface area contributed by atoms with E-state index in [2.05, 4.69) is 33.3 Å². The molecule has 174 valence electrons. The number of rotatable bonds is 7. The maximum absolute atomic E-state index is 13.8. The van der Waals surface area contributed by atoms with Crippen LogP contribution < -0.4 is 16.8 Å². The van der Waals surface area contributed by atoms with Crippen molar-refractivity contribution in [2.75, 3.05) is 24.6 Å². The van der Waals surface area contributed by atoms with Crippen LogP contribution in [0.4, 0.5) is 15.9 Å². The lowest BCUT2D eigenvalue weighted by atomic mass is 10.00. The van der Waals surface area contributed by atoms with Gasteiger partial charge in [-0.3, -0.25) is 4.79 Å². The number of aromatic nitrogens is 3. The lowest BCUT2D eigenvalue weighted by Gasteiger charge is -2.39. The summed E-state index contributed by atoms with van der Waals surface area (Å²) < 4.78 is 16.1. The van der Waals surface area contributed by atoms with Gasteiger partial charge in [0.05, 0.1) is 16.4 Å². The summed E-state index contributed by atoms with van der Waals surface area (Å²) in [4.78, 5) is 18.0. The number of nitrogen functional groups attached to an aromatic ring is 2. The summed E-state index contributed by atoms with van der Waals surface area (Å²) in [5.74, 6) is 0.185. The minimum Gasteiger partial charge on any atom is -0.398 e. The molecule has 8 nitrogen and oxygen atoms in total. The fourth-order valence-electron chi connectivity index (χ4n) is 3.91. The zero-order valence-corrected chi connectivity index (χ0v) is 20.2. The molecule has 2 aromatic heterocycles. The third-order valence-electron chi connectivity index (χ3n) is 5.82. The third kappa shape index (κ3) is 4.72. The van der Waals surface area contributed by atoms with Crippen LogP contribution in [-0.2, 0) is 11.3 Å². The van der Waals surface area contributed by atoms with E-state index >= 15 is 0 Å². The van der Waals surface area contributed by atoms with Crippen LogP contribution in [0.2, 0.25) is 0 Å². The first kappa shape index (κ1) is 23.2. The molecule has 0 radical (unpaired) electrons. The number of anilines is 2. The Bertz CT molecular complexity index is 1230. The molecule has 5 N–H and O–H groups in total. The van der Waals surface area contributed by atoms with Crippen molar-refractivity contribution in [3.63, 3.8) is 0 Å². The van der Waals surface area contributed by atoms with Gasteiger partial charge in [0.2, 0.25) is 5.91 Å². The first-order valence-corrected chi connectivity index (χ1v) is 11.6. The molecule has 0 bridgehead atoms. The number of carbonyl (C=O) groups excluding carboxylic acids is 1. The third-order valence-corrected chi connectivity index (χ3v) is 6.68. The highest BCUT2D eigenvalue weighted by atomic mass is 79.9. The highest BCUT2D eigenvalue weighted by Gasteiger charge is 2.28. The molecule has 3 aromatic rings. The molecule has 4 rings (SSSR count). The summed E-state index contributed by atoms with van der Waals surface area (Å²) in [6.45, 7) is 5.50. The van der Waals surface area contributed by atoms with Gasteiger partial charge in [-0.1, -0.05) is 13.3 Å². The monoisotopic (exact) mass is 515 g/mol. The van der Waals surface area contributed by atoms with Gasteiger partial charge in [0, 0.05) is 49.4 Å². The van der Waals surface area contributed by atoms with Crippen molar-refractivity contribution in [3.05, 3.63) is 51.5 Å². The van der Waals surface area contributed by atoms with E-state index in [1.165, 1.54) is 12.1 Å². The molecule has 1 aliphatic heterocycles. The average molecular weight is 516 g/mol. The number of fused-ring (bicyclic) bond motifs is 1. The zero-order valence-electron chi connectivity index (χ0n) is 18.6. The number of benzene rings is 1. The average Bonchev–Trinajstić information content (AvgIpc) is 3.16. The van der Waals surface area contributed by atoms with Crippen LogP contribution in [0.1, 0.15) is 43.5 Å². The van der Waals surface area contributed by atoms with E-state index in [1.54, 1.807) is 28.6 Å². The standard InChI is InChI=1S/C23H27BrFN7O/c1-3-4-14(7-15-8-16(25)5-6-19(15)26)18-9-29-32-22(27)21(24)20(30-23(18)32)10-28-17-11-31(12-17)13(2)33/h5-9,17,28H,3-4,10-12,26-27H2,1-2H3. The molecule has 0 aliphatic carbocycles. The second kappa shape index (κ2) is 9.48. The predicted octanol–water partition coefficient (Wildman–Crippen LogP) is 3.46. The number of nitrogens with two attached hydrogens (primary N) is 2. The maximum Gasteiger partial charge on any atom is 0.219 e. The van der Waals surface area contributed by atoms with E-state index in [9.17, 15) is 9.18 Å². The van der Waals surface area contributed by atoms with E-state index in [1.807, 2.05) is 6.08 Å². The van der Waals surface area contributed by atoms with Crippen LogP contribution in [-0.4, -0.2) is 44.5 Å². The number of nitrogens with zero attached hydrogens (tertiary/aromatic N) is 4. The van der Waals surface area contributed by atoms with Crippen molar-refractivity contribution in [2.24, 2.45) is 0 Å². The Morgan fingerprint density at radius 2 is 2.12 bits per heavy atom. The number of likely N-dealkylation sites (tertiary alicyclic amines) is 1. The molecule has 3 heterocycles. The zero-order chi connectivity index (χ0) is 23.7. The summed E-state index contributed by atoms with van der Waals surface area (Å²) in [7, 11) is 0. The van der Waals surface area contributed by atoms with E-state index in [0.717, 1.165) is 29.7 Å². The summed E-state index contributed by atoms with van der Waals surface area (Å²) in [6.07, 6.45) is 5.25. The number of nitrogens with one attached hydrogen (secondary N) is 1. The van der Waals surface area contributed by atoms with Crippen molar-refractivity contribution in [1.29, 1.82) is 0 Å². The molecule has 1 saturated heterocycles. The van der Waals surface area contributed by atoms with Crippen molar-refractivity contribution >= 4 is 50.6 Å². The molecule has 1 aliphatic rings. The Balaban J connectivity index is 1.68. The Labute approximate surface area is 200 Å². The topological polar surface area (TPSA) is 115 Å². The normalized spacial score (nSPS) is 14.7. The first-order chi connectivity index (χ1) is 15.8. The molecule has 33 heavy (non-hydrogen) atoms. The molecular formula is C23H27BrFN7O. The van der Waals surface area contributed by atoms with Gasteiger partial charge < -0.3 is 21.7 Å². The first-order valence-electron chi connectivity index (χ1n) is 10.8. The van der Waals surface area contributed by atoms with Gasteiger partial charge in [0.25, 0.3) is 0 Å². The lowest BCUT2D eigenvalue weighted by Crippen LogP contribution is -2.59. The number of halogens is 2. The second-order valence-electron chi connectivity index (χ2n) is 8.25. The Hall–Kier alpha value is -2.98. The van der Waals surface area contributed by atoms with Gasteiger partial charge in [-0.2, -0.15) is 9.61 Å². The summed E-state index contributed by atoms with van der Waals surface area (Å²) in [5.41, 5.74) is 16.7. The summed E-state index contributed by atoms with van der Waals surface area (Å²) in [6, 6.07) is 4.55. The number of allylic oxidation sites excluding steroid dienone is 1. The lowest BCUT2D eigenvalue weighted by molar-refractivity contribution is -0.133. The second-order valence-corrected chi connectivity index (χ2v) is 9.04. The molecule has 1 aromatic carbocycles. The van der Waals surface area contributed by atoms with Gasteiger partial charge in [-0.15, -0.1) is 0 Å². The number of hydrogen-bond donors (Lipinski definition) is 3. The molecule has 1 fully saturated rings. The van der Waals surface area contributed by atoms with Crippen LogP contribution >= 0.6 is 15.9 Å². The van der Waals surface area contributed by atoms with Crippen LogP contribution in [0.15, 0.2) is 28.9 Å². The fraction of sp³-hybridized carbons (Fsp3) is 0.348. The maximum atomic E-state index is 13.8. The minimum atomic E-state index is -0.342. The van der Waals surface area contributed by atoms with Gasteiger partial charge in [0.15, 0.2) is 5.65 Å². The molecule has 0 spiro atoms. The fourth-order valence-corrected chi connectivity index (χ4v) is 4.30. The van der Waals surface area contributed by atoms with E-state index in [0.29, 0.717) is 46.8 Å². The Morgan fingerprint density at radius 1 is 1.36 bits per heavy atom. The minimum absolute atomic E-state index is 0.0797. The van der Waals surface area contributed by atoms with E-state index in [-0.39, 0.29) is 17.8 Å². The van der Waals surface area contributed by atoms with Gasteiger partial charge in [-0.05, 0) is 52.2 Å². The van der Waals surface area contributed by atoms with Crippen molar-refractivity contribution in [1.82, 2.24) is 24.8 Å². The largest absolute Gasteiger partial charge is 0.398 e.